The zero-order chi connectivity index (χ0) is 11.8. The van der Waals surface area contributed by atoms with Gasteiger partial charge < -0.3 is 20.3 Å². The standard InChI is InChI=1S/C8H6NO4.C2H6.Fm/c10-4-9-6-3-5(8(12)13)1-2-7(6)11;1-2;/h1-3,11H,(H,9,10)(H,12,13);1-2H3;/q-1;;. The van der Waals surface area contributed by atoms with Crippen LogP contribution < -0.4 is 5.32 Å². The Balaban J connectivity index is 0. The Morgan fingerprint density at radius 1 is 1.38 bits per heavy atom. The van der Waals surface area contributed by atoms with Gasteiger partial charge >= 0.3 is 5.97 Å². The minimum Gasteiger partial charge on any atom is -0.525 e. The molecule has 0 aliphatic heterocycles. The SMILES string of the molecule is CC.O=[C-]Nc1cc(C(=O)O)ccc1O.[Fm]. The van der Waals surface area contributed by atoms with Crippen molar-refractivity contribution in [1.29, 1.82) is 0 Å². The van der Waals surface area contributed by atoms with Gasteiger partial charge in [0.05, 0.1) is 12.2 Å². The number of carbonyl (C=O) groups is 1. The maximum atomic E-state index is 10.5. The van der Waals surface area contributed by atoms with Gasteiger partial charge in [-0.15, -0.1) is 6.07 Å². The Labute approximate surface area is 87.4 Å². The summed E-state index contributed by atoms with van der Waals surface area (Å²) in [6.07, 6.45) is 1.34. The summed E-state index contributed by atoms with van der Waals surface area (Å²) < 4.78 is 0. The first-order valence-corrected chi connectivity index (χ1v) is 4.34. The van der Waals surface area contributed by atoms with E-state index < -0.39 is 5.97 Å². The molecule has 1 amide bonds. The van der Waals surface area contributed by atoms with Crippen LogP contribution in [0.15, 0.2) is 18.2 Å². The summed E-state index contributed by atoms with van der Waals surface area (Å²) in [7, 11) is 0. The first-order valence-electron chi connectivity index (χ1n) is 4.34. The summed E-state index contributed by atoms with van der Waals surface area (Å²) in [4.78, 5) is 20.4. The largest absolute Gasteiger partial charge is 0.525 e. The Hall–Kier alpha value is -3.04. The third kappa shape index (κ3) is 3.78. The quantitative estimate of drug-likeness (QED) is 0.358. The van der Waals surface area contributed by atoms with E-state index in [-0.39, 0.29) is 17.0 Å². The second-order valence-corrected chi connectivity index (χ2v) is 2.26. The third-order valence-electron chi connectivity index (χ3n) is 1.43. The molecule has 0 heterocycles. The molecule has 0 unspecified atom stereocenters. The van der Waals surface area contributed by atoms with Crippen molar-refractivity contribution in [2.45, 2.75) is 13.8 Å². The molecule has 5 nitrogen and oxygen atoms in total. The number of aromatic hydroxyl groups is 1. The van der Waals surface area contributed by atoms with E-state index in [1.165, 1.54) is 18.5 Å². The van der Waals surface area contributed by atoms with Crippen molar-refractivity contribution >= 4 is 18.1 Å². The molecule has 1 aromatic carbocycles. The normalized spacial score (nSPS) is 7.88. The molecule has 0 radical (unpaired) electrons. The molecular weight excluding hydrogens is 455 g/mol. The fraction of sp³-hybridized carbons (Fsp3) is 0.200. The van der Waals surface area contributed by atoms with Gasteiger partial charge in [0.2, 0.25) is 0 Å². The maximum Gasteiger partial charge on any atom is 0.334 e. The van der Waals surface area contributed by atoms with Crippen LogP contribution in [0.5, 0.6) is 5.75 Å². The zero-order valence-electron chi connectivity index (χ0n) is 8.73. The number of carbonyl (C=O) groups excluding carboxylic acids is 1. The van der Waals surface area contributed by atoms with Crippen LogP contribution in [0.2, 0.25) is 0 Å². The van der Waals surface area contributed by atoms with Gasteiger partial charge in [0.1, 0.15) is 0 Å². The van der Waals surface area contributed by atoms with Gasteiger partial charge in [-0.1, -0.05) is 19.5 Å². The van der Waals surface area contributed by atoms with Crippen molar-refractivity contribution in [2.75, 3.05) is 5.32 Å². The second-order valence-electron chi connectivity index (χ2n) is 2.26. The Bertz CT molecular complexity index is 355. The van der Waals surface area contributed by atoms with Crippen LogP contribution in [0, 0.1) is 0 Å². The molecule has 0 fully saturated rings. The van der Waals surface area contributed by atoms with Crippen molar-refractivity contribution < 1.29 is 19.8 Å². The predicted molar refractivity (Wildman–Crippen MR) is 55.7 cm³/mol. The molecule has 16 heavy (non-hydrogen) atoms. The van der Waals surface area contributed by atoms with E-state index in [1.807, 2.05) is 13.8 Å². The number of hydrogen-bond donors (Lipinski definition) is 3. The van der Waals surface area contributed by atoms with Crippen LogP contribution in [-0.2, 0) is 4.79 Å². The van der Waals surface area contributed by atoms with Crippen LogP contribution in [-0.4, -0.2) is 22.6 Å². The number of carboxylic acid groups (broad SMARTS) is 1. The number of rotatable bonds is 3. The average molecular weight is 467 g/mol. The summed E-state index contributed by atoms with van der Waals surface area (Å²) in [6, 6.07) is 3.55. The van der Waals surface area contributed by atoms with Crippen molar-refractivity contribution in [1.82, 2.24) is 0 Å². The van der Waals surface area contributed by atoms with E-state index in [1.54, 1.807) is 0 Å². The molecule has 3 N–H and O–H groups in total. The minimum atomic E-state index is -1.13. The van der Waals surface area contributed by atoms with Crippen LogP contribution >= 0.6 is 0 Å². The van der Waals surface area contributed by atoms with Crippen molar-refractivity contribution in [3.63, 3.8) is 0 Å². The molecule has 1 aromatic rings. The summed E-state index contributed by atoms with van der Waals surface area (Å²) in [5.74, 6) is -1.33. The fourth-order valence-electron chi connectivity index (χ4n) is 0.824. The molecule has 1 rings (SSSR count). The zero-order valence-corrected chi connectivity index (χ0v) is 11.1. The topological polar surface area (TPSA) is 86.6 Å². The van der Waals surface area contributed by atoms with E-state index in [0.717, 1.165) is 6.07 Å². The van der Waals surface area contributed by atoms with Gasteiger partial charge in [-0.2, -0.15) is 0 Å². The van der Waals surface area contributed by atoms with Crippen molar-refractivity contribution in [3.05, 3.63) is 23.8 Å². The summed E-state index contributed by atoms with van der Waals surface area (Å²) >= 11 is 0. The smallest absolute Gasteiger partial charge is 0.334 e. The van der Waals surface area contributed by atoms with Gasteiger partial charge in [0.15, 0.2) is 0 Å². The number of phenols is 1. The molecule has 6 heteroatoms. The number of carboxylic acids is 1. The Kier molecular flexibility index (Phi) is 7.11. The number of nitrogens with one attached hydrogen (secondary N) is 1. The molecule has 0 bridgehead atoms. The van der Waals surface area contributed by atoms with E-state index >= 15 is 0 Å². The molecular formula is C10H12FmNO4-. The summed E-state index contributed by atoms with van der Waals surface area (Å²) in [5, 5.41) is 19.7. The molecule has 0 saturated heterocycles. The van der Waals surface area contributed by atoms with Crippen LogP contribution in [0.4, 0.5) is 5.69 Å². The monoisotopic (exact) mass is 467 g/mol. The molecule has 94 valence electrons. The predicted octanol–water partition coefficient (Wildman–Crippen LogP) is 1.60. The van der Waals surface area contributed by atoms with Crippen molar-refractivity contribution in [2.24, 2.45) is 0 Å². The molecule has 0 aromatic heterocycles. The number of phenolic OH excluding ortho intramolecular Hbond substituents is 1. The molecule has 0 aliphatic rings. The first kappa shape index (κ1) is 15.4. The van der Waals surface area contributed by atoms with Gasteiger partial charge in [0, 0.05) is 5.56 Å². The number of benzene rings is 1. The number of aromatic carboxylic acids is 1. The second kappa shape index (κ2) is 7.37. The van der Waals surface area contributed by atoms with Gasteiger partial charge in [0.25, 0.3) is 0 Å². The fourth-order valence-corrected chi connectivity index (χ4v) is 0.824. The first-order chi connectivity index (χ1) is 7.15. The number of amides is 1. The van der Waals surface area contributed by atoms with E-state index in [2.05, 4.69) is 5.32 Å². The summed E-state index contributed by atoms with van der Waals surface area (Å²) in [5.41, 5.74) is 0.00505. The van der Waals surface area contributed by atoms with Crippen LogP contribution in [0.25, 0.3) is 0 Å². The van der Waals surface area contributed by atoms with Gasteiger partial charge in [-0.25, -0.2) is 4.79 Å². The van der Waals surface area contributed by atoms with E-state index in [0.29, 0.717) is 0 Å². The van der Waals surface area contributed by atoms with E-state index in [9.17, 15) is 9.59 Å². The minimum absolute atomic E-state index is 0. The molecule has 0 aliphatic carbocycles. The molecule has 0 atom stereocenters. The third-order valence-corrected chi connectivity index (χ3v) is 1.43. The Morgan fingerprint density at radius 2 is 1.94 bits per heavy atom. The van der Waals surface area contributed by atoms with E-state index in [4.69, 9.17) is 10.2 Å². The van der Waals surface area contributed by atoms with Crippen LogP contribution in [0.3, 0.4) is 0 Å². The summed E-state index contributed by atoms with van der Waals surface area (Å²) in [6.45, 7) is 4.00. The molecule has 0 saturated carbocycles. The number of anilines is 1. The Morgan fingerprint density at radius 3 is 2.38 bits per heavy atom. The molecule has 0 spiro atoms. The van der Waals surface area contributed by atoms with Gasteiger partial charge in [-0.3, -0.25) is 0 Å². The maximum absolute atomic E-state index is 10.5. The van der Waals surface area contributed by atoms with Crippen LogP contribution in [0.1, 0.15) is 24.2 Å². The van der Waals surface area contributed by atoms with Gasteiger partial charge in [-0.05, 0) is 12.1 Å². The van der Waals surface area contributed by atoms with Crippen molar-refractivity contribution in [3.8, 4) is 5.75 Å². The number of hydrogen-bond acceptors (Lipinski definition) is 3. The average Bonchev–Trinajstić information content (AvgIpc) is 2.24.